The second kappa shape index (κ2) is 15.2. The second-order valence-corrected chi connectivity index (χ2v) is 13.6. The number of hydrogen-bond donors (Lipinski definition) is 3. The number of hydrogen-bond acceptors (Lipinski definition) is 6. The van der Waals surface area contributed by atoms with Crippen LogP contribution in [0.25, 0.3) is 5.69 Å². The van der Waals surface area contributed by atoms with E-state index in [1.54, 1.807) is 9.58 Å². The molecule has 1 unspecified atom stereocenters. The van der Waals surface area contributed by atoms with Gasteiger partial charge in [0.2, 0.25) is 0 Å². The molecule has 1 aliphatic rings. The molecule has 4 N–H and O–H groups in total. The van der Waals surface area contributed by atoms with Gasteiger partial charge < -0.3 is 25.6 Å². The fourth-order valence-electron chi connectivity index (χ4n) is 6.04. The van der Waals surface area contributed by atoms with Crippen molar-refractivity contribution in [1.29, 1.82) is 0 Å². The fourth-order valence-corrected chi connectivity index (χ4v) is 7.23. The number of aryl methyl sites for hydroxylation is 1. The molecule has 0 bridgehead atoms. The van der Waals surface area contributed by atoms with Gasteiger partial charge >= 0.3 is 0 Å². The van der Waals surface area contributed by atoms with Crippen molar-refractivity contribution in [1.82, 2.24) is 19.6 Å². The number of nitrogens with one attached hydrogen (secondary N) is 1. The van der Waals surface area contributed by atoms with Crippen molar-refractivity contribution in [3.05, 3.63) is 101 Å². The number of nitrogen functional groups attached to an aromatic ring is 1. The molecule has 0 saturated heterocycles. The van der Waals surface area contributed by atoms with E-state index in [0.717, 1.165) is 59.1 Å². The fraction of sp³-hybridized carbons (Fsp3) is 0.361. The maximum absolute atomic E-state index is 14.5. The number of amides is 2. The van der Waals surface area contributed by atoms with Gasteiger partial charge in [-0.3, -0.25) is 9.59 Å². The van der Waals surface area contributed by atoms with E-state index in [2.05, 4.69) is 24.9 Å². The Kier molecular flexibility index (Phi) is 10.9. The van der Waals surface area contributed by atoms with Gasteiger partial charge in [0, 0.05) is 36.7 Å². The molecule has 5 rings (SSSR count). The lowest BCUT2D eigenvalue weighted by atomic mass is 9.93. The minimum Gasteiger partial charge on any atom is -0.412 e. The second-order valence-electron chi connectivity index (χ2n) is 12.1. The third kappa shape index (κ3) is 7.34. The van der Waals surface area contributed by atoms with Crippen molar-refractivity contribution in [2.45, 2.75) is 65.5 Å². The average Bonchev–Trinajstić information content (AvgIpc) is 3.47. The standard InChI is InChI=1S/C36H46N6O3Si/c1-4-6-18-40(19-7-5-2)36(45)32-20-25(3)42(38-32)33-17-16-28(39-46-34-15-11-10-14-31(34)37)22-30(33)35(44)41-23-27-13-9-8-12-26(27)21-29(41)24-43/h8-17,20,22,29,39,43H,4-7,18-19,21,23-24,37,46H2,1-3H3. The number of nitrogens with two attached hydrogens (primary N) is 1. The zero-order valence-electron chi connectivity index (χ0n) is 27.2. The molecule has 0 fully saturated rings. The van der Waals surface area contributed by atoms with E-state index in [4.69, 9.17) is 10.8 Å². The highest BCUT2D eigenvalue weighted by Crippen LogP contribution is 2.29. The van der Waals surface area contributed by atoms with Crippen LogP contribution >= 0.6 is 0 Å². The Bertz CT molecular complexity index is 1660. The van der Waals surface area contributed by atoms with Crippen LogP contribution < -0.4 is 15.9 Å². The lowest BCUT2D eigenvalue weighted by Crippen LogP contribution is -2.46. The molecule has 46 heavy (non-hydrogen) atoms. The molecule has 0 aliphatic carbocycles. The summed E-state index contributed by atoms with van der Waals surface area (Å²) in [6, 6.07) is 23.1. The Morgan fingerprint density at radius 2 is 1.70 bits per heavy atom. The number of aliphatic hydroxyl groups excluding tert-OH is 1. The normalized spacial score (nSPS) is 14.4. The number of benzene rings is 3. The number of carbonyl (C=O) groups excluding carboxylic acids is 2. The zero-order chi connectivity index (χ0) is 32.6. The Hall–Kier alpha value is -4.41. The van der Waals surface area contributed by atoms with Crippen LogP contribution in [0.4, 0.5) is 11.4 Å². The highest BCUT2D eigenvalue weighted by molar-refractivity contribution is 6.58. The molecule has 0 spiro atoms. The van der Waals surface area contributed by atoms with Crippen LogP contribution in [-0.2, 0) is 13.0 Å². The van der Waals surface area contributed by atoms with Gasteiger partial charge in [0.05, 0.1) is 23.9 Å². The molecular weight excluding hydrogens is 593 g/mol. The number of nitrogens with zero attached hydrogens (tertiary/aromatic N) is 4. The number of carbonyl (C=O) groups is 2. The maximum atomic E-state index is 14.5. The van der Waals surface area contributed by atoms with E-state index in [1.165, 1.54) is 0 Å². The summed E-state index contributed by atoms with van der Waals surface area (Å²) in [5.74, 6) is -0.280. The van der Waals surface area contributed by atoms with Crippen molar-refractivity contribution in [3.8, 4) is 5.69 Å². The summed E-state index contributed by atoms with van der Waals surface area (Å²) < 4.78 is 1.71. The van der Waals surface area contributed by atoms with Crippen LogP contribution in [0.15, 0.2) is 72.8 Å². The number of anilines is 2. The molecule has 2 amide bonds. The molecule has 3 aromatic carbocycles. The molecule has 1 aromatic heterocycles. The van der Waals surface area contributed by atoms with Crippen molar-refractivity contribution < 1.29 is 14.7 Å². The molecule has 1 atom stereocenters. The van der Waals surface area contributed by atoms with Gasteiger partial charge in [-0.25, -0.2) is 4.68 Å². The predicted octanol–water partition coefficient (Wildman–Crippen LogP) is 4.19. The Morgan fingerprint density at radius 1 is 1.00 bits per heavy atom. The highest BCUT2D eigenvalue weighted by Gasteiger charge is 2.32. The average molecular weight is 639 g/mol. The van der Waals surface area contributed by atoms with E-state index >= 15 is 0 Å². The maximum Gasteiger partial charge on any atom is 0.274 e. The van der Waals surface area contributed by atoms with E-state index in [9.17, 15) is 14.7 Å². The van der Waals surface area contributed by atoms with Gasteiger partial charge in [-0.05, 0) is 72.8 Å². The molecule has 0 saturated carbocycles. The number of unbranched alkanes of at least 4 members (excludes halogenated alkanes) is 2. The number of aliphatic hydroxyl groups is 1. The molecule has 1 aliphatic heterocycles. The van der Waals surface area contributed by atoms with Crippen molar-refractivity contribution in [2.24, 2.45) is 0 Å². The molecule has 10 heteroatoms. The van der Waals surface area contributed by atoms with Crippen LogP contribution in [-0.4, -0.2) is 71.9 Å². The first-order chi connectivity index (χ1) is 22.3. The molecule has 9 nitrogen and oxygen atoms in total. The Morgan fingerprint density at radius 3 is 2.39 bits per heavy atom. The largest absolute Gasteiger partial charge is 0.412 e. The van der Waals surface area contributed by atoms with Crippen LogP contribution in [0.5, 0.6) is 0 Å². The predicted molar refractivity (Wildman–Crippen MR) is 188 cm³/mol. The summed E-state index contributed by atoms with van der Waals surface area (Å²) in [7, 11) is -0.982. The van der Waals surface area contributed by atoms with Gasteiger partial charge in [-0.15, -0.1) is 0 Å². The molecule has 242 valence electrons. The topological polar surface area (TPSA) is 117 Å². The Labute approximate surface area is 274 Å². The van der Waals surface area contributed by atoms with Crippen molar-refractivity contribution >= 4 is 38.1 Å². The molecule has 0 radical (unpaired) electrons. The smallest absolute Gasteiger partial charge is 0.274 e. The van der Waals surface area contributed by atoms with Gasteiger partial charge in [-0.1, -0.05) is 69.2 Å². The third-order valence-electron chi connectivity index (χ3n) is 8.78. The van der Waals surface area contributed by atoms with E-state index in [-0.39, 0.29) is 24.5 Å². The van der Waals surface area contributed by atoms with Crippen molar-refractivity contribution in [3.63, 3.8) is 0 Å². The third-order valence-corrected chi connectivity index (χ3v) is 10.4. The van der Waals surface area contributed by atoms with Crippen LogP contribution in [0.3, 0.4) is 0 Å². The number of aromatic nitrogens is 2. The lowest BCUT2D eigenvalue weighted by Gasteiger charge is -2.36. The molecule has 2 heterocycles. The first kappa shape index (κ1) is 33.0. The first-order valence-corrected chi connectivity index (χ1v) is 17.8. The van der Waals surface area contributed by atoms with E-state index in [1.807, 2.05) is 78.6 Å². The van der Waals surface area contributed by atoms with Gasteiger partial charge in [0.25, 0.3) is 11.8 Å². The van der Waals surface area contributed by atoms with E-state index < -0.39 is 9.68 Å². The quantitative estimate of drug-likeness (QED) is 0.149. The minimum absolute atomic E-state index is 0.0886. The van der Waals surface area contributed by atoms with Gasteiger partial charge in [0.1, 0.15) is 0 Å². The van der Waals surface area contributed by atoms with Crippen LogP contribution in [0, 0.1) is 6.92 Å². The lowest BCUT2D eigenvalue weighted by molar-refractivity contribution is 0.0544. The SMILES string of the molecule is CCCCN(CCCC)C(=O)c1cc(C)n(-c2ccc(N[SiH2]c3ccccc3N)cc2C(=O)N2Cc3ccccc3CC2CO)n1. The number of fused-ring (bicyclic) bond motifs is 1. The van der Waals surface area contributed by atoms with E-state index in [0.29, 0.717) is 43.0 Å². The molecular formula is C36H46N6O3Si. The summed E-state index contributed by atoms with van der Waals surface area (Å²) in [5.41, 5.74) is 12.2. The summed E-state index contributed by atoms with van der Waals surface area (Å²) >= 11 is 0. The van der Waals surface area contributed by atoms with Gasteiger partial charge in [-0.2, -0.15) is 5.10 Å². The monoisotopic (exact) mass is 638 g/mol. The Balaban J connectivity index is 1.52. The number of rotatable bonds is 13. The summed E-state index contributed by atoms with van der Waals surface area (Å²) in [6.45, 7) is 7.80. The zero-order valence-corrected chi connectivity index (χ0v) is 28.6. The van der Waals surface area contributed by atoms with Crippen molar-refractivity contribution in [2.75, 3.05) is 30.4 Å². The van der Waals surface area contributed by atoms with Gasteiger partial charge in [0.15, 0.2) is 15.4 Å². The first-order valence-electron chi connectivity index (χ1n) is 16.4. The highest BCUT2D eigenvalue weighted by atomic mass is 28.2. The van der Waals surface area contributed by atoms with Crippen LogP contribution in [0.1, 0.15) is 77.2 Å². The summed E-state index contributed by atoms with van der Waals surface area (Å²) in [6.07, 6.45) is 4.46. The van der Waals surface area contributed by atoms with Crippen LogP contribution in [0.2, 0.25) is 0 Å². The molecule has 4 aromatic rings. The summed E-state index contributed by atoms with van der Waals surface area (Å²) in [4.78, 5) is 35.4. The minimum atomic E-state index is -0.982. The number of para-hydroxylation sites is 1. The summed E-state index contributed by atoms with van der Waals surface area (Å²) in [5, 5.41) is 16.3.